The van der Waals surface area contributed by atoms with E-state index in [9.17, 15) is 0 Å². The van der Waals surface area contributed by atoms with Crippen LogP contribution >= 0.6 is 0 Å². The zero-order chi connectivity index (χ0) is 14.5. The Labute approximate surface area is 128 Å². The van der Waals surface area contributed by atoms with Crippen LogP contribution in [0.5, 0.6) is 5.75 Å². The number of nitrogens with one attached hydrogen (secondary N) is 1. The second-order valence-electron chi connectivity index (χ2n) is 6.44. The number of ether oxygens (including phenoxy) is 2. The fraction of sp³-hybridized carbons (Fsp3) is 0.667. The number of hydrogen-bond donors (Lipinski definition) is 1. The van der Waals surface area contributed by atoms with E-state index in [-0.39, 0.29) is 5.60 Å². The molecule has 1 aliphatic carbocycles. The zero-order valence-electron chi connectivity index (χ0n) is 13.1. The average Bonchev–Trinajstić information content (AvgIpc) is 2.95. The molecule has 21 heavy (non-hydrogen) atoms. The van der Waals surface area contributed by atoms with Gasteiger partial charge in [0.25, 0.3) is 0 Å². The fourth-order valence-electron chi connectivity index (χ4n) is 3.89. The van der Waals surface area contributed by atoms with Gasteiger partial charge in [0.2, 0.25) is 0 Å². The summed E-state index contributed by atoms with van der Waals surface area (Å²) in [6.45, 7) is 1.94. The van der Waals surface area contributed by atoms with Gasteiger partial charge in [0, 0.05) is 12.6 Å². The van der Waals surface area contributed by atoms with Crippen molar-refractivity contribution in [2.45, 2.75) is 56.6 Å². The highest BCUT2D eigenvalue weighted by molar-refractivity contribution is 5.33. The molecule has 1 atom stereocenters. The third kappa shape index (κ3) is 3.58. The molecule has 1 spiro atoms. The van der Waals surface area contributed by atoms with Crippen LogP contribution in [-0.2, 0) is 11.2 Å². The SMILES string of the molecule is COc1ccccc1CCNC1CCOC2(CCCC2)C1. The minimum Gasteiger partial charge on any atom is -0.496 e. The van der Waals surface area contributed by atoms with Gasteiger partial charge in [0.15, 0.2) is 0 Å². The lowest BCUT2D eigenvalue weighted by Gasteiger charge is -2.38. The Morgan fingerprint density at radius 1 is 1.29 bits per heavy atom. The molecule has 3 heteroatoms. The van der Waals surface area contributed by atoms with Gasteiger partial charge in [-0.25, -0.2) is 0 Å². The highest BCUT2D eigenvalue weighted by atomic mass is 16.5. The number of hydrogen-bond acceptors (Lipinski definition) is 3. The molecule has 1 saturated carbocycles. The van der Waals surface area contributed by atoms with Crippen LogP contribution in [0.4, 0.5) is 0 Å². The Kier molecular flexibility index (Phi) is 4.81. The minimum atomic E-state index is 0.209. The first-order valence-electron chi connectivity index (χ1n) is 8.31. The molecular weight excluding hydrogens is 262 g/mol. The molecule has 2 fully saturated rings. The average molecular weight is 289 g/mol. The Morgan fingerprint density at radius 2 is 2.10 bits per heavy atom. The molecule has 0 amide bonds. The molecule has 116 valence electrons. The van der Waals surface area contributed by atoms with Crippen LogP contribution in [-0.4, -0.2) is 31.9 Å². The van der Waals surface area contributed by atoms with Crippen molar-refractivity contribution >= 4 is 0 Å². The van der Waals surface area contributed by atoms with E-state index in [2.05, 4.69) is 17.4 Å². The Bertz CT molecular complexity index is 454. The molecule has 1 saturated heterocycles. The third-order valence-electron chi connectivity index (χ3n) is 5.03. The minimum absolute atomic E-state index is 0.209. The summed E-state index contributed by atoms with van der Waals surface area (Å²) in [5.74, 6) is 0.999. The van der Waals surface area contributed by atoms with Gasteiger partial charge in [-0.2, -0.15) is 0 Å². The second kappa shape index (κ2) is 6.80. The zero-order valence-corrected chi connectivity index (χ0v) is 13.1. The summed E-state index contributed by atoms with van der Waals surface area (Å²) in [7, 11) is 1.74. The number of benzene rings is 1. The first-order valence-corrected chi connectivity index (χ1v) is 8.31. The van der Waals surface area contributed by atoms with Gasteiger partial charge < -0.3 is 14.8 Å². The van der Waals surface area contributed by atoms with E-state index in [4.69, 9.17) is 9.47 Å². The lowest BCUT2D eigenvalue weighted by molar-refractivity contribution is -0.0834. The molecule has 3 rings (SSSR count). The van der Waals surface area contributed by atoms with Crippen molar-refractivity contribution in [3.8, 4) is 5.75 Å². The third-order valence-corrected chi connectivity index (χ3v) is 5.03. The van der Waals surface area contributed by atoms with Crippen LogP contribution in [0.15, 0.2) is 24.3 Å². The van der Waals surface area contributed by atoms with Crippen LogP contribution in [0.1, 0.15) is 44.1 Å². The van der Waals surface area contributed by atoms with E-state index in [0.717, 1.165) is 31.7 Å². The van der Waals surface area contributed by atoms with Crippen molar-refractivity contribution in [1.82, 2.24) is 5.32 Å². The van der Waals surface area contributed by atoms with E-state index in [1.807, 2.05) is 12.1 Å². The molecule has 1 unspecified atom stereocenters. The van der Waals surface area contributed by atoms with Crippen LogP contribution in [0.2, 0.25) is 0 Å². The topological polar surface area (TPSA) is 30.5 Å². The van der Waals surface area contributed by atoms with Crippen molar-refractivity contribution in [3.05, 3.63) is 29.8 Å². The quantitative estimate of drug-likeness (QED) is 0.902. The van der Waals surface area contributed by atoms with Gasteiger partial charge in [-0.1, -0.05) is 31.0 Å². The molecule has 3 nitrogen and oxygen atoms in total. The van der Waals surface area contributed by atoms with Gasteiger partial charge in [0.1, 0.15) is 5.75 Å². The molecule has 1 aliphatic heterocycles. The predicted octanol–water partition coefficient (Wildman–Crippen LogP) is 3.32. The standard InChI is InChI=1S/C18H27NO2/c1-20-17-7-3-2-6-15(17)8-12-19-16-9-13-21-18(14-16)10-4-5-11-18/h2-3,6-7,16,19H,4-5,8-14H2,1H3. The smallest absolute Gasteiger partial charge is 0.122 e. The largest absolute Gasteiger partial charge is 0.496 e. The summed E-state index contributed by atoms with van der Waals surface area (Å²) in [4.78, 5) is 0. The first-order chi connectivity index (χ1) is 10.3. The van der Waals surface area contributed by atoms with Gasteiger partial charge in [-0.05, 0) is 50.3 Å². The summed E-state index contributed by atoms with van der Waals surface area (Å²) in [5, 5.41) is 3.74. The maximum atomic E-state index is 6.10. The number of rotatable bonds is 5. The Balaban J connectivity index is 1.49. The molecule has 0 aromatic heterocycles. The lowest BCUT2D eigenvalue weighted by atomic mass is 9.89. The normalized spacial score (nSPS) is 24.3. The highest BCUT2D eigenvalue weighted by Crippen LogP contribution is 2.39. The van der Waals surface area contributed by atoms with E-state index < -0.39 is 0 Å². The molecule has 0 bridgehead atoms. The molecule has 0 radical (unpaired) electrons. The molecule has 1 heterocycles. The molecule has 1 aromatic rings. The summed E-state index contributed by atoms with van der Waals surface area (Å²) < 4.78 is 11.5. The van der Waals surface area contributed by atoms with Crippen LogP contribution in [0.25, 0.3) is 0 Å². The highest BCUT2D eigenvalue weighted by Gasteiger charge is 2.39. The number of para-hydroxylation sites is 1. The van der Waals surface area contributed by atoms with Crippen molar-refractivity contribution in [3.63, 3.8) is 0 Å². The summed E-state index contributed by atoms with van der Waals surface area (Å²) in [6, 6.07) is 8.92. The van der Waals surface area contributed by atoms with Gasteiger partial charge >= 0.3 is 0 Å². The van der Waals surface area contributed by atoms with E-state index >= 15 is 0 Å². The summed E-state index contributed by atoms with van der Waals surface area (Å²) in [5.41, 5.74) is 1.50. The van der Waals surface area contributed by atoms with Crippen molar-refractivity contribution < 1.29 is 9.47 Å². The number of methoxy groups -OCH3 is 1. The van der Waals surface area contributed by atoms with Crippen LogP contribution in [0, 0.1) is 0 Å². The maximum absolute atomic E-state index is 6.10. The van der Waals surface area contributed by atoms with Crippen molar-refractivity contribution in [2.24, 2.45) is 0 Å². The summed E-state index contributed by atoms with van der Waals surface area (Å²) >= 11 is 0. The molecule has 1 N–H and O–H groups in total. The fourth-order valence-corrected chi connectivity index (χ4v) is 3.89. The van der Waals surface area contributed by atoms with Crippen molar-refractivity contribution in [2.75, 3.05) is 20.3 Å². The lowest BCUT2D eigenvalue weighted by Crippen LogP contribution is -2.46. The Morgan fingerprint density at radius 3 is 2.90 bits per heavy atom. The molecule has 1 aromatic carbocycles. The maximum Gasteiger partial charge on any atom is 0.122 e. The molecule has 2 aliphatic rings. The first kappa shape index (κ1) is 14.9. The van der Waals surface area contributed by atoms with Crippen molar-refractivity contribution in [1.29, 1.82) is 0 Å². The van der Waals surface area contributed by atoms with E-state index in [1.165, 1.54) is 37.7 Å². The van der Waals surface area contributed by atoms with E-state index in [1.54, 1.807) is 7.11 Å². The van der Waals surface area contributed by atoms with Gasteiger partial charge in [-0.3, -0.25) is 0 Å². The van der Waals surface area contributed by atoms with Gasteiger partial charge in [0.05, 0.1) is 12.7 Å². The van der Waals surface area contributed by atoms with E-state index in [0.29, 0.717) is 6.04 Å². The van der Waals surface area contributed by atoms with Gasteiger partial charge in [-0.15, -0.1) is 0 Å². The van der Waals surface area contributed by atoms with Crippen LogP contribution in [0.3, 0.4) is 0 Å². The monoisotopic (exact) mass is 289 g/mol. The molecular formula is C18H27NO2. The van der Waals surface area contributed by atoms with Crippen LogP contribution < -0.4 is 10.1 Å². The summed E-state index contributed by atoms with van der Waals surface area (Å²) in [6.07, 6.45) is 8.57. The Hall–Kier alpha value is -1.06. The second-order valence-corrected chi connectivity index (χ2v) is 6.44. The predicted molar refractivity (Wildman–Crippen MR) is 84.9 cm³/mol.